The van der Waals surface area contributed by atoms with E-state index in [1.54, 1.807) is 7.11 Å². The highest BCUT2D eigenvalue weighted by Gasteiger charge is 2.28. The van der Waals surface area contributed by atoms with Gasteiger partial charge in [-0.25, -0.2) is 0 Å². The van der Waals surface area contributed by atoms with Gasteiger partial charge in [0, 0.05) is 22.8 Å². The predicted molar refractivity (Wildman–Crippen MR) is 78.5 cm³/mol. The molecule has 1 aromatic heterocycles. The van der Waals surface area contributed by atoms with E-state index in [2.05, 4.69) is 13.8 Å². The molecule has 0 saturated carbocycles. The van der Waals surface area contributed by atoms with Crippen molar-refractivity contribution in [3.63, 3.8) is 0 Å². The standard InChI is InChI=1S/C16H20N2O/c1-16(2)7-6-12-14(9-16)18-13-8-10(19-3)4-5-11(13)15(12)17/h4-5,8H,6-7,9H2,1-3H3,(H2,17,18). The second-order valence-electron chi connectivity index (χ2n) is 6.17. The minimum absolute atomic E-state index is 0.318. The number of nitrogens with two attached hydrogens (primary N) is 1. The van der Waals surface area contributed by atoms with Crippen LogP contribution in [-0.2, 0) is 12.8 Å². The van der Waals surface area contributed by atoms with Gasteiger partial charge in [-0.15, -0.1) is 0 Å². The lowest BCUT2D eigenvalue weighted by molar-refractivity contribution is 0.311. The molecule has 100 valence electrons. The second-order valence-corrected chi connectivity index (χ2v) is 6.17. The van der Waals surface area contributed by atoms with Crippen molar-refractivity contribution >= 4 is 16.6 Å². The van der Waals surface area contributed by atoms with Crippen LogP contribution in [0.2, 0.25) is 0 Å². The first kappa shape index (κ1) is 12.3. The Morgan fingerprint density at radius 3 is 2.84 bits per heavy atom. The van der Waals surface area contributed by atoms with Gasteiger partial charge in [-0.05, 0) is 42.4 Å². The molecule has 1 heterocycles. The smallest absolute Gasteiger partial charge is 0.121 e. The molecule has 3 heteroatoms. The molecule has 0 atom stereocenters. The number of benzene rings is 1. The van der Waals surface area contributed by atoms with E-state index in [9.17, 15) is 0 Å². The van der Waals surface area contributed by atoms with Gasteiger partial charge in [0.25, 0.3) is 0 Å². The van der Waals surface area contributed by atoms with Gasteiger partial charge in [0.05, 0.1) is 12.6 Å². The normalized spacial score (nSPS) is 17.2. The van der Waals surface area contributed by atoms with Gasteiger partial charge < -0.3 is 10.5 Å². The first-order chi connectivity index (χ1) is 9.00. The summed E-state index contributed by atoms with van der Waals surface area (Å²) in [6.07, 6.45) is 3.20. The van der Waals surface area contributed by atoms with E-state index in [1.165, 1.54) is 12.0 Å². The van der Waals surface area contributed by atoms with Gasteiger partial charge in [0.2, 0.25) is 0 Å². The Bertz CT molecular complexity index is 647. The van der Waals surface area contributed by atoms with E-state index >= 15 is 0 Å². The zero-order chi connectivity index (χ0) is 13.6. The summed E-state index contributed by atoms with van der Waals surface area (Å²) in [5, 5.41) is 1.04. The Hall–Kier alpha value is -1.77. The summed E-state index contributed by atoms with van der Waals surface area (Å²) in [6, 6.07) is 5.92. The zero-order valence-electron chi connectivity index (χ0n) is 11.8. The maximum absolute atomic E-state index is 6.34. The first-order valence-electron chi connectivity index (χ1n) is 6.75. The fraction of sp³-hybridized carbons (Fsp3) is 0.438. The number of rotatable bonds is 1. The Morgan fingerprint density at radius 1 is 1.32 bits per heavy atom. The Labute approximate surface area is 113 Å². The van der Waals surface area contributed by atoms with Crippen LogP contribution in [-0.4, -0.2) is 12.1 Å². The summed E-state index contributed by atoms with van der Waals surface area (Å²) < 4.78 is 5.27. The fourth-order valence-corrected chi connectivity index (χ4v) is 2.92. The van der Waals surface area contributed by atoms with Crippen LogP contribution in [0, 0.1) is 5.41 Å². The van der Waals surface area contributed by atoms with Gasteiger partial charge in [-0.2, -0.15) is 0 Å². The molecular formula is C16H20N2O. The van der Waals surface area contributed by atoms with Crippen molar-refractivity contribution in [2.45, 2.75) is 33.1 Å². The molecule has 1 aromatic carbocycles. The quantitative estimate of drug-likeness (QED) is 0.851. The lowest BCUT2D eigenvalue weighted by Crippen LogP contribution is -2.24. The number of pyridine rings is 1. The summed E-state index contributed by atoms with van der Waals surface area (Å²) in [5.74, 6) is 0.828. The maximum Gasteiger partial charge on any atom is 0.121 e. The minimum atomic E-state index is 0.318. The SMILES string of the molecule is COc1ccc2c(N)c3c(nc2c1)CC(C)(C)CC3. The molecule has 3 nitrogen and oxygen atoms in total. The molecule has 1 aliphatic carbocycles. The lowest BCUT2D eigenvalue weighted by atomic mass is 9.75. The summed E-state index contributed by atoms with van der Waals surface area (Å²) in [7, 11) is 1.67. The van der Waals surface area contributed by atoms with E-state index in [1.807, 2.05) is 18.2 Å². The van der Waals surface area contributed by atoms with Crippen molar-refractivity contribution in [1.29, 1.82) is 0 Å². The highest BCUT2D eigenvalue weighted by Crippen LogP contribution is 2.38. The van der Waals surface area contributed by atoms with Crippen LogP contribution in [0.4, 0.5) is 5.69 Å². The Balaban J connectivity index is 2.22. The average Bonchev–Trinajstić information content (AvgIpc) is 2.36. The van der Waals surface area contributed by atoms with Crippen LogP contribution in [0.15, 0.2) is 18.2 Å². The van der Waals surface area contributed by atoms with Crippen LogP contribution in [0.1, 0.15) is 31.5 Å². The number of aromatic nitrogens is 1. The molecule has 3 rings (SSSR count). The number of ether oxygens (including phenoxy) is 1. The van der Waals surface area contributed by atoms with Gasteiger partial charge in [0.1, 0.15) is 5.75 Å². The van der Waals surface area contributed by atoms with Crippen molar-refractivity contribution in [1.82, 2.24) is 4.98 Å². The van der Waals surface area contributed by atoms with E-state index in [0.717, 1.165) is 40.9 Å². The zero-order valence-corrected chi connectivity index (χ0v) is 11.8. The number of anilines is 1. The van der Waals surface area contributed by atoms with Crippen LogP contribution in [0.5, 0.6) is 5.75 Å². The second kappa shape index (κ2) is 4.12. The molecule has 0 aliphatic heterocycles. The molecule has 0 bridgehead atoms. The van der Waals surface area contributed by atoms with Crippen molar-refractivity contribution in [2.75, 3.05) is 12.8 Å². The lowest BCUT2D eigenvalue weighted by Gasteiger charge is -2.31. The molecule has 0 amide bonds. The van der Waals surface area contributed by atoms with Crippen molar-refractivity contribution < 1.29 is 4.74 Å². The molecule has 19 heavy (non-hydrogen) atoms. The van der Waals surface area contributed by atoms with E-state index in [-0.39, 0.29) is 0 Å². The Morgan fingerprint density at radius 2 is 2.11 bits per heavy atom. The molecular weight excluding hydrogens is 236 g/mol. The van der Waals surface area contributed by atoms with E-state index in [0.29, 0.717) is 5.41 Å². The number of nitrogens with zero attached hydrogens (tertiary/aromatic N) is 1. The maximum atomic E-state index is 6.34. The van der Waals surface area contributed by atoms with Gasteiger partial charge >= 0.3 is 0 Å². The number of hydrogen-bond donors (Lipinski definition) is 1. The summed E-state index contributed by atoms with van der Waals surface area (Å²) in [4.78, 5) is 4.82. The highest BCUT2D eigenvalue weighted by atomic mass is 16.5. The average molecular weight is 256 g/mol. The van der Waals surface area contributed by atoms with E-state index < -0.39 is 0 Å². The predicted octanol–water partition coefficient (Wildman–Crippen LogP) is 3.34. The number of methoxy groups -OCH3 is 1. The number of hydrogen-bond acceptors (Lipinski definition) is 3. The number of nitrogen functional groups attached to an aromatic ring is 1. The third kappa shape index (κ3) is 2.03. The molecule has 1 aliphatic rings. The topological polar surface area (TPSA) is 48.1 Å². The van der Waals surface area contributed by atoms with Gasteiger partial charge in [-0.1, -0.05) is 13.8 Å². The monoisotopic (exact) mass is 256 g/mol. The third-order valence-corrected chi connectivity index (χ3v) is 4.12. The summed E-state index contributed by atoms with van der Waals surface area (Å²) in [6.45, 7) is 4.59. The molecule has 0 saturated heterocycles. The van der Waals surface area contributed by atoms with Crippen LogP contribution in [0.3, 0.4) is 0 Å². The first-order valence-corrected chi connectivity index (χ1v) is 6.75. The van der Waals surface area contributed by atoms with Gasteiger partial charge in [-0.3, -0.25) is 4.98 Å². The summed E-state index contributed by atoms with van der Waals surface area (Å²) >= 11 is 0. The Kier molecular flexibility index (Phi) is 2.66. The van der Waals surface area contributed by atoms with Crippen LogP contribution >= 0.6 is 0 Å². The van der Waals surface area contributed by atoms with Crippen molar-refractivity contribution in [3.8, 4) is 5.75 Å². The molecule has 0 radical (unpaired) electrons. The molecule has 0 spiro atoms. The van der Waals surface area contributed by atoms with E-state index in [4.69, 9.17) is 15.5 Å². The van der Waals surface area contributed by atoms with Crippen molar-refractivity contribution in [3.05, 3.63) is 29.5 Å². The van der Waals surface area contributed by atoms with Crippen LogP contribution < -0.4 is 10.5 Å². The fourth-order valence-electron chi connectivity index (χ4n) is 2.92. The minimum Gasteiger partial charge on any atom is -0.497 e. The summed E-state index contributed by atoms with van der Waals surface area (Å²) in [5.41, 5.74) is 10.9. The molecule has 2 N–H and O–H groups in total. The van der Waals surface area contributed by atoms with Crippen molar-refractivity contribution in [2.24, 2.45) is 5.41 Å². The third-order valence-electron chi connectivity index (χ3n) is 4.12. The largest absolute Gasteiger partial charge is 0.497 e. The van der Waals surface area contributed by atoms with Crippen LogP contribution in [0.25, 0.3) is 10.9 Å². The number of fused-ring (bicyclic) bond motifs is 2. The molecule has 2 aromatic rings. The highest BCUT2D eigenvalue weighted by molar-refractivity contribution is 5.93. The molecule has 0 fully saturated rings. The molecule has 0 unspecified atom stereocenters. The van der Waals surface area contributed by atoms with Gasteiger partial charge in [0.15, 0.2) is 0 Å².